The van der Waals surface area contributed by atoms with Gasteiger partial charge in [-0.2, -0.15) is 5.10 Å². The van der Waals surface area contributed by atoms with Crippen LogP contribution >= 0.6 is 15.9 Å². The van der Waals surface area contributed by atoms with Gasteiger partial charge >= 0.3 is 0 Å². The molecule has 0 saturated carbocycles. The van der Waals surface area contributed by atoms with Crippen LogP contribution in [0.4, 0.5) is 0 Å². The second kappa shape index (κ2) is 5.92. The molecule has 0 saturated heterocycles. The molecule has 0 fully saturated rings. The summed E-state index contributed by atoms with van der Waals surface area (Å²) in [6.07, 6.45) is 4.23. The van der Waals surface area contributed by atoms with Gasteiger partial charge in [0.05, 0.1) is 22.1 Å². The first-order valence-corrected chi connectivity index (χ1v) is 7.39. The molecule has 0 aliphatic rings. The number of aryl methyl sites for hydroxylation is 3. The van der Waals surface area contributed by atoms with Gasteiger partial charge in [0.25, 0.3) is 0 Å². The van der Waals surface area contributed by atoms with Crippen LogP contribution in [-0.4, -0.2) is 9.78 Å². The smallest absolute Gasteiger partial charge is 0.108 e. The number of hydrogen-bond donors (Lipinski definition) is 1. The fourth-order valence-electron chi connectivity index (χ4n) is 2.33. The minimum absolute atomic E-state index is 0.0647. The maximum Gasteiger partial charge on any atom is 0.108 e. The van der Waals surface area contributed by atoms with Crippen LogP contribution in [0.25, 0.3) is 0 Å². The summed E-state index contributed by atoms with van der Waals surface area (Å²) in [5.74, 6) is 0.974. The molecular weight excluding hydrogens is 306 g/mol. The summed E-state index contributed by atoms with van der Waals surface area (Å²) >= 11 is 3.63. The minimum atomic E-state index is -0.0647. The van der Waals surface area contributed by atoms with Gasteiger partial charge in [0.15, 0.2) is 0 Å². The summed E-state index contributed by atoms with van der Waals surface area (Å²) in [7, 11) is 1.96. The molecule has 0 aromatic carbocycles. The van der Waals surface area contributed by atoms with Gasteiger partial charge in [0.2, 0.25) is 0 Å². The summed E-state index contributed by atoms with van der Waals surface area (Å²) in [5.41, 5.74) is 9.61. The molecule has 2 rings (SSSR count). The first kappa shape index (κ1) is 14.3. The highest BCUT2D eigenvalue weighted by Crippen LogP contribution is 2.27. The van der Waals surface area contributed by atoms with Crippen LogP contribution in [0, 0.1) is 0 Å². The number of halogens is 1. The van der Waals surface area contributed by atoms with Gasteiger partial charge in [-0.05, 0) is 28.4 Å². The first-order valence-electron chi connectivity index (χ1n) is 6.60. The van der Waals surface area contributed by atoms with E-state index in [4.69, 9.17) is 10.2 Å². The first-order chi connectivity index (χ1) is 9.08. The summed E-state index contributed by atoms with van der Waals surface area (Å²) in [4.78, 5) is 0. The summed E-state index contributed by atoms with van der Waals surface area (Å²) in [6, 6.07) is 1.90. The number of rotatable bonds is 5. The molecule has 2 aromatic rings. The quantitative estimate of drug-likeness (QED) is 0.918. The Morgan fingerprint density at radius 2 is 2.16 bits per heavy atom. The van der Waals surface area contributed by atoms with E-state index >= 15 is 0 Å². The Balaban J connectivity index is 2.24. The Bertz CT molecular complexity index is 559. The molecule has 0 bridgehead atoms. The van der Waals surface area contributed by atoms with Gasteiger partial charge in [0.1, 0.15) is 5.76 Å². The van der Waals surface area contributed by atoms with Crippen LogP contribution in [0.3, 0.4) is 0 Å². The van der Waals surface area contributed by atoms with E-state index in [2.05, 4.69) is 34.9 Å². The van der Waals surface area contributed by atoms with E-state index in [1.807, 2.05) is 17.8 Å². The van der Waals surface area contributed by atoms with E-state index < -0.39 is 0 Å². The highest BCUT2D eigenvalue weighted by molar-refractivity contribution is 9.10. The zero-order valence-electron chi connectivity index (χ0n) is 11.6. The van der Waals surface area contributed by atoms with E-state index in [9.17, 15) is 0 Å². The number of aromatic nitrogens is 2. The van der Waals surface area contributed by atoms with Crippen LogP contribution < -0.4 is 5.73 Å². The normalized spacial score (nSPS) is 12.9. The Labute approximate surface area is 122 Å². The molecule has 0 aliphatic carbocycles. The molecule has 2 N–H and O–H groups in total. The summed E-state index contributed by atoms with van der Waals surface area (Å²) in [5, 5.41) is 4.50. The topological polar surface area (TPSA) is 57.0 Å². The van der Waals surface area contributed by atoms with Gasteiger partial charge in [-0.15, -0.1) is 0 Å². The zero-order chi connectivity index (χ0) is 14.0. The third-order valence-corrected chi connectivity index (χ3v) is 4.33. The highest BCUT2D eigenvalue weighted by Gasteiger charge is 2.19. The molecule has 0 aliphatic heterocycles. The molecule has 2 aromatic heterocycles. The SMILES string of the molecule is CCc1nn(C)c(CC(N)c2ccoc2CC)c1Br. The number of nitrogens with zero attached hydrogens (tertiary/aromatic N) is 2. The lowest BCUT2D eigenvalue weighted by atomic mass is 10.0. The number of hydrogen-bond acceptors (Lipinski definition) is 3. The third-order valence-electron chi connectivity index (χ3n) is 3.42. The van der Waals surface area contributed by atoms with Gasteiger partial charge in [-0.25, -0.2) is 0 Å². The van der Waals surface area contributed by atoms with Crippen molar-refractivity contribution in [2.45, 2.75) is 39.2 Å². The second-order valence-corrected chi connectivity index (χ2v) is 5.44. The molecule has 0 radical (unpaired) electrons. The van der Waals surface area contributed by atoms with Crippen LogP contribution in [-0.2, 0) is 26.3 Å². The van der Waals surface area contributed by atoms with Gasteiger partial charge < -0.3 is 10.2 Å². The van der Waals surface area contributed by atoms with Crippen molar-refractivity contribution in [3.63, 3.8) is 0 Å². The van der Waals surface area contributed by atoms with Crippen molar-refractivity contribution in [3.05, 3.63) is 39.5 Å². The zero-order valence-corrected chi connectivity index (χ0v) is 13.2. The molecule has 104 valence electrons. The van der Waals surface area contributed by atoms with Crippen molar-refractivity contribution in [2.75, 3.05) is 0 Å². The Morgan fingerprint density at radius 3 is 2.74 bits per heavy atom. The fourth-order valence-corrected chi connectivity index (χ4v) is 3.11. The molecule has 2 heterocycles. The lowest BCUT2D eigenvalue weighted by molar-refractivity contribution is 0.504. The van der Waals surface area contributed by atoms with Crippen LogP contribution in [0.5, 0.6) is 0 Å². The predicted octanol–water partition coefficient (Wildman–Crippen LogP) is 3.14. The van der Waals surface area contributed by atoms with Crippen molar-refractivity contribution in [1.82, 2.24) is 9.78 Å². The van der Waals surface area contributed by atoms with E-state index in [0.717, 1.165) is 46.4 Å². The molecule has 0 amide bonds. The molecule has 0 spiro atoms. The second-order valence-electron chi connectivity index (χ2n) is 4.65. The van der Waals surface area contributed by atoms with E-state index in [1.54, 1.807) is 6.26 Å². The van der Waals surface area contributed by atoms with Crippen molar-refractivity contribution < 1.29 is 4.42 Å². The molecule has 5 heteroatoms. The van der Waals surface area contributed by atoms with Crippen LogP contribution in [0.2, 0.25) is 0 Å². The number of furan rings is 1. The predicted molar refractivity (Wildman–Crippen MR) is 79.0 cm³/mol. The lowest BCUT2D eigenvalue weighted by Crippen LogP contribution is -2.16. The van der Waals surface area contributed by atoms with Gasteiger partial charge in [-0.3, -0.25) is 4.68 Å². The lowest BCUT2D eigenvalue weighted by Gasteiger charge is -2.12. The Hall–Kier alpha value is -1.07. The van der Waals surface area contributed by atoms with Crippen molar-refractivity contribution in [1.29, 1.82) is 0 Å². The molecule has 1 unspecified atom stereocenters. The number of nitrogens with two attached hydrogens (primary N) is 1. The highest BCUT2D eigenvalue weighted by atomic mass is 79.9. The van der Waals surface area contributed by atoms with Crippen molar-refractivity contribution in [3.8, 4) is 0 Å². The van der Waals surface area contributed by atoms with Gasteiger partial charge in [0, 0.05) is 31.5 Å². The standard InChI is InChI=1S/C14H20BrN3O/c1-4-11-14(15)12(18(3)17-11)8-10(16)9-6-7-19-13(9)5-2/h6-7,10H,4-5,8,16H2,1-3H3. The summed E-state index contributed by atoms with van der Waals surface area (Å²) in [6.45, 7) is 4.17. The van der Waals surface area contributed by atoms with Crippen molar-refractivity contribution in [2.24, 2.45) is 12.8 Å². The maximum atomic E-state index is 6.31. The molecule has 19 heavy (non-hydrogen) atoms. The molecule has 1 atom stereocenters. The van der Waals surface area contributed by atoms with Crippen LogP contribution in [0.1, 0.15) is 42.6 Å². The fraction of sp³-hybridized carbons (Fsp3) is 0.500. The average Bonchev–Trinajstić information content (AvgIpc) is 2.97. The third kappa shape index (κ3) is 2.77. The van der Waals surface area contributed by atoms with Gasteiger partial charge in [-0.1, -0.05) is 13.8 Å². The molecule has 4 nitrogen and oxygen atoms in total. The van der Waals surface area contributed by atoms with E-state index in [0.29, 0.717) is 0 Å². The van der Waals surface area contributed by atoms with E-state index in [1.165, 1.54) is 0 Å². The maximum absolute atomic E-state index is 6.31. The minimum Gasteiger partial charge on any atom is -0.469 e. The Kier molecular flexibility index (Phi) is 4.47. The van der Waals surface area contributed by atoms with E-state index in [-0.39, 0.29) is 6.04 Å². The largest absolute Gasteiger partial charge is 0.469 e. The average molecular weight is 326 g/mol. The summed E-state index contributed by atoms with van der Waals surface area (Å²) < 4.78 is 8.43. The van der Waals surface area contributed by atoms with Crippen molar-refractivity contribution >= 4 is 15.9 Å². The Morgan fingerprint density at radius 1 is 1.42 bits per heavy atom. The van der Waals surface area contributed by atoms with Crippen LogP contribution in [0.15, 0.2) is 21.2 Å². The molecular formula is C14H20BrN3O. The monoisotopic (exact) mass is 325 g/mol.